The van der Waals surface area contributed by atoms with Crippen molar-refractivity contribution in [1.29, 1.82) is 0 Å². The van der Waals surface area contributed by atoms with Gasteiger partial charge < -0.3 is 9.47 Å². The molecule has 4 rings (SSSR count). The number of amides is 1. The summed E-state index contributed by atoms with van der Waals surface area (Å²) >= 11 is 3.35. The third kappa shape index (κ3) is 4.88. The lowest BCUT2D eigenvalue weighted by Gasteiger charge is -2.39. The normalized spacial score (nSPS) is 23.4. The molecule has 2 aromatic rings. The van der Waals surface area contributed by atoms with Gasteiger partial charge in [0.1, 0.15) is 5.82 Å². The Morgan fingerprint density at radius 2 is 1.86 bits per heavy atom. The van der Waals surface area contributed by atoms with Gasteiger partial charge in [-0.1, -0.05) is 37.1 Å². The Bertz CT molecular complexity index is 788. The van der Waals surface area contributed by atoms with Crippen LogP contribution in [-0.2, 0) is 11.2 Å². The molecule has 2 aromatic heterocycles. The maximum Gasteiger partial charge on any atom is 0.233 e. The average Bonchev–Trinajstić information content (AvgIpc) is 3.37. The Kier molecular flexibility index (Phi) is 6.96. The lowest BCUT2D eigenvalue weighted by molar-refractivity contribution is -0.134. The molecule has 1 aliphatic heterocycles. The van der Waals surface area contributed by atoms with Crippen LogP contribution in [0.2, 0.25) is 0 Å². The third-order valence-corrected chi connectivity index (χ3v) is 8.20. The van der Waals surface area contributed by atoms with Gasteiger partial charge in [-0.3, -0.25) is 4.79 Å². The highest BCUT2D eigenvalue weighted by Gasteiger charge is 2.30. The standard InChI is InChI=1S/C22H32N4OS2/c1-16-8-6-9-17(2)25(16)21(27)15-29-22-24-23-20(14-19-12-7-13-28-19)26(22)18-10-4-3-5-11-18/h7,12-13,16-18H,3-6,8-11,14-15H2,1-2H3/t16-,17-/m1/s1. The fourth-order valence-corrected chi connectivity index (χ4v) is 6.51. The van der Waals surface area contributed by atoms with Gasteiger partial charge in [0.25, 0.3) is 0 Å². The van der Waals surface area contributed by atoms with Gasteiger partial charge in [-0.05, 0) is 57.4 Å². The number of aromatic nitrogens is 3. The van der Waals surface area contributed by atoms with Crippen LogP contribution in [0.15, 0.2) is 22.7 Å². The Balaban J connectivity index is 1.50. The highest BCUT2D eigenvalue weighted by atomic mass is 32.2. The monoisotopic (exact) mass is 432 g/mol. The zero-order valence-electron chi connectivity index (χ0n) is 17.5. The number of piperidine rings is 1. The smallest absolute Gasteiger partial charge is 0.233 e. The second kappa shape index (κ2) is 9.65. The molecule has 29 heavy (non-hydrogen) atoms. The van der Waals surface area contributed by atoms with E-state index in [1.165, 1.54) is 43.4 Å². The van der Waals surface area contributed by atoms with Crippen molar-refractivity contribution in [3.05, 3.63) is 28.2 Å². The maximum atomic E-state index is 13.0. The van der Waals surface area contributed by atoms with E-state index in [2.05, 4.69) is 51.0 Å². The molecular weight excluding hydrogens is 400 g/mol. The topological polar surface area (TPSA) is 51.0 Å². The van der Waals surface area contributed by atoms with E-state index in [9.17, 15) is 4.79 Å². The summed E-state index contributed by atoms with van der Waals surface area (Å²) in [6, 6.07) is 5.42. The van der Waals surface area contributed by atoms with E-state index in [-0.39, 0.29) is 5.91 Å². The minimum absolute atomic E-state index is 0.243. The van der Waals surface area contributed by atoms with Gasteiger partial charge in [-0.15, -0.1) is 21.5 Å². The number of carbonyl (C=O) groups is 1. The van der Waals surface area contributed by atoms with Crippen molar-refractivity contribution in [2.75, 3.05) is 5.75 Å². The van der Waals surface area contributed by atoms with Crippen molar-refractivity contribution in [3.8, 4) is 0 Å². The number of carbonyl (C=O) groups excluding carboxylic acids is 1. The lowest BCUT2D eigenvalue weighted by Crippen LogP contribution is -2.48. The molecule has 1 saturated heterocycles. The second-order valence-corrected chi connectivity index (χ2v) is 10.5. The highest BCUT2D eigenvalue weighted by molar-refractivity contribution is 7.99. The first-order chi connectivity index (χ1) is 14.1. The summed E-state index contributed by atoms with van der Waals surface area (Å²) in [5.41, 5.74) is 0. The third-order valence-electron chi connectivity index (χ3n) is 6.39. The maximum absolute atomic E-state index is 13.0. The number of hydrogen-bond acceptors (Lipinski definition) is 5. The van der Waals surface area contributed by atoms with Gasteiger partial charge in [-0.2, -0.15) is 0 Å². The first kappa shape index (κ1) is 20.9. The summed E-state index contributed by atoms with van der Waals surface area (Å²) in [7, 11) is 0. The van der Waals surface area contributed by atoms with Gasteiger partial charge in [0.05, 0.1) is 5.75 Å². The van der Waals surface area contributed by atoms with Crippen LogP contribution in [0.25, 0.3) is 0 Å². The fourth-order valence-electron chi connectivity index (χ4n) is 4.92. The van der Waals surface area contributed by atoms with Gasteiger partial charge in [-0.25, -0.2) is 0 Å². The van der Waals surface area contributed by atoms with Crippen molar-refractivity contribution >= 4 is 29.0 Å². The summed E-state index contributed by atoms with van der Waals surface area (Å²) in [6.45, 7) is 4.36. The van der Waals surface area contributed by atoms with Gasteiger partial charge >= 0.3 is 0 Å². The second-order valence-electron chi connectivity index (χ2n) is 8.54. The molecule has 1 amide bonds. The molecule has 2 fully saturated rings. The molecule has 158 valence electrons. The van der Waals surface area contributed by atoms with E-state index >= 15 is 0 Å². The minimum atomic E-state index is 0.243. The summed E-state index contributed by atoms with van der Waals surface area (Å²) in [6.07, 6.45) is 10.5. The van der Waals surface area contributed by atoms with Crippen LogP contribution in [0.5, 0.6) is 0 Å². The summed E-state index contributed by atoms with van der Waals surface area (Å²) in [5, 5.41) is 12.1. The van der Waals surface area contributed by atoms with Crippen LogP contribution in [0.1, 0.15) is 82.0 Å². The van der Waals surface area contributed by atoms with Crippen molar-refractivity contribution in [2.24, 2.45) is 0 Å². The van der Waals surface area contributed by atoms with Gasteiger partial charge in [0.2, 0.25) is 5.91 Å². The van der Waals surface area contributed by atoms with E-state index in [1.54, 1.807) is 23.1 Å². The van der Waals surface area contributed by atoms with Crippen LogP contribution in [0, 0.1) is 0 Å². The number of thioether (sulfide) groups is 1. The summed E-state index contributed by atoms with van der Waals surface area (Å²) in [4.78, 5) is 16.4. The molecule has 0 bridgehead atoms. The number of likely N-dealkylation sites (tertiary alicyclic amines) is 1. The van der Waals surface area contributed by atoms with E-state index in [0.29, 0.717) is 23.9 Å². The summed E-state index contributed by atoms with van der Waals surface area (Å²) < 4.78 is 2.36. The molecule has 1 saturated carbocycles. The number of rotatable bonds is 6. The molecular formula is C22H32N4OS2. The van der Waals surface area contributed by atoms with Crippen LogP contribution < -0.4 is 0 Å². The zero-order valence-corrected chi connectivity index (χ0v) is 19.2. The van der Waals surface area contributed by atoms with Crippen LogP contribution in [0.4, 0.5) is 0 Å². The van der Waals surface area contributed by atoms with Crippen molar-refractivity contribution < 1.29 is 4.79 Å². The zero-order chi connectivity index (χ0) is 20.2. The largest absolute Gasteiger partial charge is 0.337 e. The molecule has 2 atom stereocenters. The Morgan fingerprint density at radius 3 is 2.55 bits per heavy atom. The highest BCUT2D eigenvalue weighted by Crippen LogP contribution is 2.34. The molecule has 3 heterocycles. The lowest BCUT2D eigenvalue weighted by atomic mass is 9.95. The summed E-state index contributed by atoms with van der Waals surface area (Å²) in [5.74, 6) is 1.75. The van der Waals surface area contributed by atoms with Crippen molar-refractivity contribution in [2.45, 2.75) is 94.9 Å². The number of thiophene rings is 1. The molecule has 2 aliphatic rings. The average molecular weight is 433 g/mol. The molecule has 0 radical (unpaired) electrons. The molecule has 0 aromatic carbocycles. The Morgan fingerprint density at radius 1 is 1.10 bits per heavy atom. The molecule has 1 aliphatic carbocycles. The number of hydrogen-bond donors (Lipinski definition) is 0. The van der Waals surface area contributed by atoms with E-state index in [4.69, 9.17) is 0 Å². The van der Waals surface area contributed by atoms with Crippen LogP contribution in [0.3, 0.4) is 0 Å². The van der Waals surface area contributed by atoms with Crippen molar-refractivity contribution in [1.82, 2.24) is 19.7 Å². The van der Waals surface area contributed by atoms with Gasteiger partial charge in [0.15, 0.2) is 5.16 Å². The van der Waals surface area contributed by atoms with Gasteiger partial charge in [0, 0.05) is 29.4 Å². The number of nitrogens with zero attached hydrogens (tertiary/aromatic N) is 4. The predicted molar refractivity (Wildman–Crippen MR) is 120 cm³/mol. The minimum Gasteiger partial charge on any atom is -0.337 e. The van der Waals surface area contributed by atoms with Crippen molar-refractivity contribution in [3.63, 3.8) is 0 Å². The quantitative estimate of drug-likeness (QED) is 0.580. The molecule has 0 unspecified atom stereocenters. The first-order valence-electron chi connectivity index (χ1n) is 11.0. The van der Waals surface area contributed by atoms with E-state index < -0.39 is 0 Å². The fraction of sp³-hybridized carbons (Fsp3) is 0.682. The van der Waals surface area contributed by atoms with Crippen LogP contribution >= 0.6 is 23.1 Å². The Hall–Kier alpha value is -1.34. The molecule has 7 heteroatoms. The molecule has 5 nitrogen and oxygen atoms in total. The molecule has 0 N–H and O–H groups in total. The van der Waals surface area contributed by atoms with Crippen LogP contribution in [-0.4, -0.2) is 43.4 Å². The van der Waals surface area contributed by atoms with E-state index in [1.807, 2.05) is 0 Å². The predicted octanol–water partition coefficient (Wildman–Crippen LogP) is 5.32. The SMILES string of the molecule is C[C@@H]1CCC[C@@H](C)N1C(=O)CSc1nnc(Cc2cccs2)n1C1CCCCC1. The first-order valence-corrected chi connectivity index (χ1v) is 12.9. The van der Waals surface area contributed by atoms with E-state index in [0.717, 1.165) is 30.2 Å². The Labute approximate surface area is 182 Å². The molecule has 0 spiro atoms.